The molecule has 2 rings (SSSR count). The number of carboxylic acid groups (broad SMARTS) is 1. The zero-order valence-electron chi connectivity index (χ0n) is 10.1. The fourth-order valence-electron chi connectivity index (χ4n) is 2.97. The van der Waals surface area contributed by atoms with Gasteiger partial charge in [-0.25, -0.2) is 0 Å². The SMILES string of the molecule is CC(NC(=O)CC1CC2CCC(C1)N2)C(=O)O. The van der Waals surface area contributed by atoms with Crippen molar-refractivity contribution in [3.05, 3.63) is 0 Å². The lowest BCUT2D eigenvalue weighted by atomic mass is 9.89. The highest BCUT2D eigenvalue weighted by Crippen LogP contribution is 2.32. The highest BCUT2D eigenvalue weighted by atomic mass is 16.4. The second-order valence-corrected chi connectivity index (χ2v) is 5.31. The summed E-state index contributed by atoms with van der Waals surface area (Å²) in [5.74, 6) is -0.704. The number of carboxylic acids is 1. The zero-order chi connectivity index (χ0) is 12.4. The summed E-state index contributed by atoms with van der Waals surface area (Å²) < 4.78 is 0. The van der Waals surface area contributed by atoms with Crippen LogP contribution in [0.25, 0.3) is 0 Å². The van der Waals surface area contributed by atoms with Crippen molar-refractivity contribution in [1.29, 1.82) is 0 Å². The number of nitrogens with one attached hydrogen (secondary N) is 2. The van der Waals surface area contributed by atoms with E-state index in [1.807, 2.05) is 0 Å². The maximum absolute atomic E-state index is 11.7. The molecule has 17 heavy (non-hydrogen) atoms. The fraction of sp³-hybridized carbons (Fsp3) is 0.833. The molecule has 3 unspecified atom stereocenters. The number of fused-ring (bicyclic) bond motifs is 2. The van der Waals surface area contributed by atoms with Crippen molar-refractivity contribution >= 4 is 11.9 Å². The molecule has 5 nitrogen and oxygen atoms in total. The summed E-state index contributed by atoms with van der Waals surface area (Å²) in [6.07, 6.45) is 4.99. The molecule has 3 N–H and O–H groups in total. The van der Waals surface area contributed by atoms with Crippen molar-refractivity contribution < 1.29 is 14.7 Å². The number of aliphatic carboxylic acids is 1. The normalized spacial score (nSPS) is 33.1. The molecule has 0 spiro atoms. The van der Waals surface area contributed by atoms with Crippen molar-refractivity contribution in [2.45, 2.75) is 57.2 Å². The minimum atomic E-state index is -0.983. The summed E-state index contributed by atoms with van der Waals surface area (Å²) in [5, 5.41) is 14.8. The average molecular weight is 240 g/mol. The van der Waals surface area contributed by atoms with Gasteiger partial charge in [-0.05, 0) is 38.5 Å². The largest absolute Gasteiger partial charge is 0.480 e. The highest BCUT2D eigenvalue weighted by Gasteiger charge is 2.34. The van der Waals surface area contributed by atoms with Crippen molar-refractivity contribution in [3.63, 3.8) is 0 Å². The van der Waals surface area contributed by atoms with Crippen LogP contribution in [0, 0.1) is 5.92 Å². The summed E-state index contributed by atoms with van der Waals surface area (Å²) in [4.78, 5) is 22.3. The Balaban J connectivity index is 1.77. The van der Waals surface area contributed by atoms with Gasteiger partial charge in [-0.15, -0.1) is 0 Å². The first-order chi connectivity index (χ1) is 8.04. The van der Waals surface area contributed by atoms with E-state index in [9.17, 15) is 9.59 Å². The van der Waals surface area contributed by atoms with Gasteiger partial charge in [0.15, 0.2) is 0 Å². The number of rotatable bonds is 4. The number of carbonyl (C=O) groups excluding carboxylic acids is 1. The fourth-order valence-corrected chi connectivity index (χ4v) is 2.97. The predicted octanol–water partition coefficient (Wildman–Crippen LogP) is 0.496. The quantitative estimate of drug-likeness (QED) is 0.668. The molecule has 0 aromatic rings. The van der Waals surface area contributed by atoms with Crippen LogP contribution < -0.4 is 10.6 Å². The van der Waals surface area contributed by atoms with Gasteiger partial charge in [0, 0.05) is 18.5 Å². The Bertz CT molecular complexity index is 307. The van der Waals surface area contributed by atoms with Crippen LogP contribution in [0.5, 0.6) is 0 Å². The lowest BCUT2D eigenvalue weighted by Crippen LogP contribution is -2.42. The molecule has 2 fully saturated rings. The van der Waals surface area contributed by atoms with Gasteiger partial charge < -0.3 is 15.7 Å². The maximum Gasteiger partial charge on any atom is 0.325 e. The van der Waals surface area contributed by atoms with Gasteiger partial charge >= 0.3 is 5.97 Å². The first-order valence-corrected chi connectivity index (χ1v) is 6.33. The molecule has 5 heteroatoms. The van der Waals surface area contributed by atoms with Gasteiger partial charge in [0.2, 0.25) is 5.91 Å². The van der Waals surface area contributed by atoms with Gasteiger partial charge in [0.1, 0.15) is 6.04 Å². The van der Waals surface area contributed by atoms with Crippen LogP contribution in [0.3, 0.4) is 0 Å². The summed E-state index contributed by atoms with van der Waals surface area (Å²) in [7, 11) is 0. The van der Waals surface area contributed by atoms with Gasteiger partial charge in [0.05, 0.1) is 0 Å². The van der Waals surface area contributed by atoms with E-state index in [1.54, 1.807) is 0 Å². The lowest BCUT2D eigenvalue weighted by Gasteiger charge is -2.28. The first-order valence-electron chi connectivity index (χ1n) is 6.33. The van der Waals surface area contributed by atoms with Crippen molar-refractivity contribution in [2.75, 3.05) is 0 Å². The third kappa shape index (κ3) is 3.19. The van der Waals surface area contributed by atoms with E-state index >= 15 is 0 Å². The summed E-state index contributed by atoms with van der Waals surface area (Å²) in [5.41, 5.74) is 0. The second-order valence-electron chi connectivity index (χ2n) is 5.31. The first kappa shape index (κ1) is 12.4. The number of piperidine rings is 1. The molecule has 2 aliphatic heterocycles. The predicted molar refractivity (Wildman–Crippen MR) is 62.5 cm³/mol. The highest BCUT2D eigenvalue weighted by molar-refractivity contribution is 5.83. The molecule has 96 valence electrons. The Hall–Kier alpha value is -1.10. The van der Waals surface area contributed by atoms with Crippen LogP contribution in [-0.2, 0) is 9.59 Å². The lowest BCUT2D eigenvalue weighted by molar-refractivity contribution is -0.141. The Morgan fingerprint density at radius 1 is 1.35 bits per heavy atom. The van der Waals surface area contributed by atoms with Gasteiger partial charge in [-0.1, -0.05) is 0 Å². The minimum absolute atomic E-state index is 0.133. The standard InChI is InChI=1S/C12H20N2O3/c1-7(12(16)17)13-11(15)6-8-4-9-2-3-10(5-8)14-9/h7-10,14H,2-6H2,1H3,(H,13,15)(H,16,17). The van der Waals surface area contributed by atoms with Gasteiger partial charge in [-0.2, -0.15) is 0 Å². The number of hydrogen-bond acceptors (Lipinski definition) is 3. The third-order valence-corrected chi connectivity index (χ3v) is 3.79. The average Bonchev–Trinajstić information content (AvgIpc) is 2.57. The van der Waals surface area contributed by atoms with Crippen LogP contribution in [0.1, 0.15) is 39.0 Å². The molecule has 0 aromatic heterocycles. The molecule has 0 aromatic carbocycles. The Morgan fingerprint density at radius 3 is 2.47 bits per heavy atom. The molecule has 0 radical (unpaired) electrons. The third-order valence-electron chi connectivity index (χ3n) is 3.79. The van der Waals surface area contributed by atoms with E-state index in [4.69, 9.17) is 5.11 Å². The molecule has 2 aliphatic rings. The minimum Gasteiger partial charge on any atom is -0.480 e. The number of amides is 1. The van der Waals surface area contributed by atoms with Crippen LogP contribution in [0.4, 0.5) is 0 Å². The van der Waals surface area contributed by atoms with E-state index < -0.39 is 12.0 Å². The Kier molecular flexibility index (Phi) is 3.66. The zero-order valence-corrected chi connectivity index (χ0v) is 10.1. The molecule has 2 saturated heterocycles. The van der Waals surface area contributed by atoms with Gasteiger partial charge in [-0.3, -0.25) is 9.59 Å². The Morgan fingerprint density at radius 2 is 1.94 bits per heavy atom. The molecule has 3 atom stereocenters. The Labute approximate surface area is 101 Å². The van der Waals surface area contributed by atoms with Crippen molar-refractivity contribution in [3.8, 4) is 0 Å². The molecule has 1 amide bonds. The van der Waals surface area contributed by atoms with E-state index in [0.29, 0.717) is 24.4 Å². The molecular weight excluding hydrogens is 220 g/mol. The van der Waals surface area contributed by atoms with E-state index in [2.05, 4.69) is 10.6 Å². The molecule has 0 aliphatic carbocycles. The van der Waals surface area contributed by atoms with Crippen LogP contribution in [0.15, 0.2) is 0 Å². The van der Waals surface area contributed by atoms with Crippen LogP contribution in [0.2, 0.25) is 0 Å². The number of hydrogen-bond donors (Lipinski definition) is 3. The smallest absolute Gasteiger partial charge is 0.325 e. The molecule has 0 saturated carbocycles. The van der Waals surface area contributed by atoms with Crippen molar-refractivity contribution in [1.82, 2.24) is 10.6 Å². The van der Waals surface area contributed by atoms with E-state index in [1.165, 1.54) is 19.8 Å². The summed E-state index contributed by atoms with van der Waals surface area (Å²) in [6, 6.07) is 0.354. The molecule has 2 bridgehead atoms. The summed E-state index contributed by atoms with van der Waals surface area (Å²) in [6.45, 7) is 1.49. The molecular formula is C12H20N2O3. The maximum atomic E-state index is 11.7. The van der Waals surface area contributed by atoms with Crippen LogP contribution >= 0.6 is 0 Å². The monoisotopic (exact) mass is 240 g/mol. The topological polar surface area (TPSA) is 78.4 Å². The molecule has 2 heterocycles. The second kappa shape index (κ2) is 5.04. The van der Waals surface area contributed by atoms with E-state index in [0.717, 1.165) is 12.8 Å². The van der Waals surface area contributed by atoms with Crippen LogP contribution in [-0.4, -0.2) is 35.1 Å². The number of carbonyl (C=O) groups is 2. The van der Waals surface area contributed by atoms with Gasteiger partial charge in [0.25, 0.3) is 0 Å². The van der Waals surface area contributed by atoms with Crippen molar-refractivity contribution in [2.24, 2.45) is 5.92 Å². The van der Waals surface area contributed by atoms with E-state index in [-0.39, 0.29) is 5.91 Å². The summed E-state index contributed by atoms with van der Waals surface area (Å²) >= 11 is 0.